The molecule has 0 radical (unpaired) electrons. The molecule has 22 heavy (non-hydrogen) atoms. The molecule has 2 aromatic rings. The van der Waals surface area contributed by atoms with Crippen LogP contribution in [0.3, 0.4) is 0 Å². The van der Waals surface area contributed by atoms with Gasteiger partial charge in [-0.15, -0.1) is 0 Å². The summed E-state index contributed by atoms with van der Waals surface area (Å²) in [5.41, 5.74) is 1.36. The first-order valence-electron chi connectivity index (χ1n) is 6.52. The third kappa shape index (κ3) is 4.33. The van der Waals surface area contributed by atoms with E-state index in [0.717, 1.165) is 9.87 Å². The van der Waals surface area contributed by atoms with Gasteiger partial charge in [-0.05, 0) is 23.8 Å². The minimum atomic E-state index is -3.52. The third-order valence-electron chi connectivity index (χ3n) is 2.91. The van der Waals surface area contributed by atoms with E-state index in [4.69, 9.17) is 11.6 Å². The summed E-state index contributed by atoms with van der Waals surface area (Å²) in [6.45, 7) is 0.537. The van der Waals surface area contributed by atoms with Crippen LogP contribution in [0, 0.1) is 0 Å². The lowest BCUT2D eigenvalue weighted by atomic mass is 10.2. The molecule has 6 nitrogen and oxygen atoms in total. The Morgan fingerprint density at radius 1 is 1.18 bits per heavy atom. The van der Waals surface area contributed by atoms with Gasteiger partial charge in [0.1, 0.15) is 5.82 Å². The van der Waals surface area contributed by atoms with Crippen molar-refractivity contribution in [1.82, 2.24) is 9.29 Å². The summed E-state index contributed by atoms with van der Waals surface area (Å²) < 4.78 is 26.9. The highest BCUT2D eigenvalue weighted by molar-refractivity contribution is 7.90. The fourth-order valence-electron chi connectivity index (χ4n) is 1.63. The Bertz CT molecular complexity index is 733. The molecule has 1 aromatic carbocycles. The quantitative estimate of drug-likeness (QED) is 0.847. The fourth-order valence-corrected chi connectivity index (χ4v) is 2.43. The zero-order valence-corrected chi connectivity index (χ0v) is 13.8. The number of hydrogen-bond donors (Lipinski definition) is 2. The van der Waals surface area contributed by atoms with Gasteiger partial charge in [-0.3, -0.25) is 4.72 Å². The molecule has 0 saturated heterocycles. The van der Waals surface area contributed by atoms with Crippen molar-refractivity contribution in [3.63, 3.8) is 0 Å². The van der Waals surface area contributed by atoms with E-state index in [-0.39, 0.29) is 0 Å². The van der Waals surface area contributed by atoms with Gasteiger partial charge in [0.15, 0.2) is 0 Å². The number of benzene rings is 1. The fraction of sp³-hybridized carbons (Fsp3) is 0.214. The predicted molar refractivity (Wildman–Crippen MR) is 89.2 cm³/mol. The molecule has 2 rings (SSSR count). The summed E-state index contributed by atoms with van der Waals surface area (Å²) in [4.78, 5) is 4.17. The number of aromatic nitrogens is 1. The highest BCUT2D eigenvalue weighted by Crippen LogP contribution is 2.17. The van der Waals surface area contributed by atoms with Crippen LogP contribution >= 0.6 is 11.6 Å². The van der Waals surface area contributed by atoms with Gasteiger partial charge in [0.25, 0.3) is 0 Å². The third-order valence-corrected chi connectivity index (χ3v) is 4.73. The van der Waals surface area contributed by atoms with Gasteiger partial charge in [0.05, 0.1) is 11.9 Å². The number of nitrogens with one attached hydrogen (secondary N) is 2. The Hall–Kier alpha value is -1.83. The number of halogens is 1. The summed E-state index contributed by atoms with van der Waals surface area (Å²) in [5, 5.41) is 3.82. The van der Waals surface area contributed by atoms with Gasteiger partial charge in [-0.2, -0.15) is 12.7 Å². The van der Waals surface area contributed by atoms with E-state index in [1.54, 1.807) is 12.1 Å². The van der Waals surface area contributed by atoms with Gasteiger partial charge in [-0.25, -0.2) is 4.98 Å². The number of nitrogens with zero attached hydrogens (tertiary/aromatic N) is 2. The highest BCUT2D eigenvalue weighted by Gasteiger charge is 2.12. The van der Waals surface area contributed by atoms with Crippen molar-refractivity contribution in [3.05, 3.63) is 53.2 Å². The van der Waals surface area contributed by atoms with Crippen LogP contribution in [0.15, 0.2) is 42.6 Å². The molecular formula is C14H17ClN4O2S. The largest absolute Gasteiger partial charge is 0.366 e. The molecule has 0 fully saturated rings. The maximum absolute atomic E-state index is 11.7. The molecule has 0 aliphatic carbocycles. The van der Waals surface area contributed by atoms with Crippen LogP contribution < -0.4 is 10.0 Å². The monoisotopic (exact) mass is 340 g/mol. The lowest BCUT2D eigenvalue weighted by molar-refractivity contribution is 0.527. The summed E-state index contributed by atoms with van der Waals surface area (Å²) in [7, 11) is -0.612. The maximum Gasteiger partial charge on any atom is 0.301 e. The van der Waals surface area contributed by atoms with Crippen LogP contribution in [0.5, 0.6) is 0 Å². The van der Waals surface area contributed by atoms with E-state index in [1.807, 2.05) is 24.3 Å². The van der Waals surface area contributed by atoms with Crippen molar-refractivity contribution in [2.24, 2.45) is 0 Å². The topological polar surface area (TPSA) is 74.3 Å². The second kappa shape index (κ2) is 6.95. The minimum absolute atomic E-state index is 0.400. The number of rotatable bonds is 6. The van der Waals surface area contributed by atoms with Crippen molar-refractivity contribution < 1.29 is 8.42 Å². The Morgan fingerprint density at radius 2 is 1.91 bits per heavy atom. The second-order valence-electron chi connectivity index (χ2n) is 4.77. The first-order chi connectivity index (χ1) is 10.4. The van der Waals surface area contributed by atoms with E-state index >= 15 is 0 Å². The molecule has 0 amide bonds. The average molecular weight is 341 g/mol. The normalized spacial score (nSPS) is 11.5. The van der Waals surface area contributed by atoms with E-state index < -0.39 is 10.2 Å². The summed E-state index contributed by atoms with van der Waals surface area (Å²) >= 11 is 6.08. The molecule has 8 heteroatoms. The molecule has 0 unspecified atom stereocenters. The standard InChI is InChI=1S/C14H17ClN4O2S/c1-19(2)22(20,21)18-12-7-8-14(17-10-12)16-9-11-5-3-4-6-13(11)15/h3-8,10,18H,9H2,1-2H3,(H,16,17). The van der Waals surface area contributed by atoms with Gasteiger partial charge in [0, 0.05) is 25.7 Å². The summed E-state index contributed by atoms with van der Waals surface area (Å²) in [6, 6.07) is 10.9. The van der Waals surface area contributed by atoms with Crippen molar-refractivity contribution in [3.8, 4) is 0 Å². The number of anilines is 2. The van der Waals surface area contributed by atoms with Gasteiger partial charge < -0.3 is 5.32 Å². The Labute approximate surface area is 135 Å². The first kappa shape index (κ1) is 16.5. The lowest BCUT2D eigenvalue weighted by Crippen LogP contribution is -2.28. The van der Waals surface area contributed by atoms with Gasteiger partial charge in [0.2, 0.25) is 0 Å². The van der Waals surface area contributed by atoms with Crippen LogP contribution in [-0.2, 0) is 16.8 Å². The van der Waals surface area contributed by atoms with E-state index in [2.05, 4.69) is 15.0 Å². The summed E-state index contributed by atoms with van der Waals surface area (Å²) in [5.74, 6) is 0.632. The van der Waals surface area contributed by atoms with Crippen LogP contribution in [0.1, 0.15) is 5.56 Å². The minimum Gasteiger partial charge on any atom is -0.366 e. The Morgan fingerprint density at radius 3 is 2.50 bits per heavy atom. The van der Waals surface area contributed by atoms with Crippen LogP contribution in [0.4, 0.5) is 11.5 Å². The predicted octanol–water partition coefficient (Wildman–Crippen LogP) is 2.57. The van der Waals surface area contributed by atoms with E-state index in [0.29, 0.717) is 23.1 Å². The molecule has 0 aliphatic heterocycles. The number of hydrogen-bond acceptors (Lipinski definition) is 4. The van der Waals surface area contributed by atoms with Crippen LogP contribution in [-0.4, -0.2) is 31.8 Å². The average Bonchev–Trinajstić information content (AvgIpc) is 2.47. The SMILES string of the molecule is CN(C)S(=O)(=O)Nc1ccc(NCc2ccccc2Cl)nc1. The Balaban J connectivity index is 1.99. The highest BCUT2D eigenvalue weighted by atomic mass is 35.5. The van der Waals surface area contributed by atoms with Crippen molar-refractivity contribution in [2.75, 3.05) is 24.1 Å². The van der Waals surface area contributed by atoms with E-state index in [1.165, 1.54) is 20.3 Å². The van der Waals surface area contributed by atoms with E-state index in [9.17, 15) is 8.42 Å². The first-order valence-corrected chi connectivity index (χ1v) is 8.34. The van der Waals surface area contributed by atoms with Gasteiger partial charge >= 0.3 is 10.2 Å². The molecule has 0 atom stereocenters. The van der Waals surface area contributed by atoms with Crippen molar-refractivity contribution >= 4 is 33.3 Å². The molecule has 0 saturated carbocycles. The molecule has 118 valence electrons. The molecule has 0 spiro atoms. The smallest absolute Gasteiger partial charge is 0.301 e. The van der Waals surface area contributed by atoms with Gasteiger partial charge in [-0.1, -0.05) is 29.8 Å². The Kier molecular flexibility index (Phi) is 5.23. The molecule has 2 N–H and O–H groups in total. The zero-order chi connectivity index (χ0) is 16.2. The van der Waals surface area contributed by atoms with Crippen LogP contribution in [0.2, 0.25) is 5.02 Å². The van der Waals surface area contributed by atoms with Crippen LogP contribution in [0.25, 0.3) is 0 Å². The second-order valence-corrected chi connectivity index (χ2v) is 7.06. The molecule has 1 heterocycles. The molecule has 1 aromatic heterocycles. The maximum atomic E-state index is 11.7. The lowest BCUT2D eigenvalue weighted by Gasteiger charge is -2.13. The molecule has 0 aliphatic rings. The van der Waals surface area contributed by atoms with Crippen molar-refractivity contribution in [2.45, 2.75) is 6.54 Å². The number of pyridine rings is 1. The molecule has 0 bridgehead atoms. The zero-order valence-electron chi connectivity index (χ0n) is 12.2. The summed E-state index contributed by atoms with van der Waals surface area (Å²) in [6.07, 6.45) is 1.45. The molecular weight excluding hydrogens is 324 g/mol. The van der Waals surface area contributed by atoms with Crippen molar-refractivity contribution in [1.29, 1.82) is 0 Å².